The fourth-order valence-electron chi connectivity index (χ4n) is 9.71. The third-order valence-corrected chi connectivity index (χ3v) is 11.3. The SMILES string of the molecule is CC[C@H]1[C@@H](OC(C)=O)[C@@H]2[C@H](CC(=O)[C@]3(C)[C@@H]([C@H](COC(C)=O)CC(=O)OC)CC[C@@H]23)[C@@]2(C)CCCC[C@@H]12. The molecular weight excluding hydrogens is 472 g/mol. The first-order valence-electron chi connectivity index (χ1n) is 14.4. The highest BCUT2D eigenvalue weighted by Gasteiger charge is 2.68. The Labute approximate surface area is 221 Å². The summed E-state index contributed by atoms with van der Waals surface area (Å²) in [4.78, 5) is 50.6. The molecular formula is C30H46O7. The van der Waals surface area contributed by atoms with Crippen molar-refractivity contribution in [3.05, 3.63) is 0 Å². The van der Waals surface area contributed by atoms with Crippen LogP contribution in [0.5, 0.6) is 0 Å². The zero-order valence-corrected chi connectivity index (χ0v) is 23.5. The number of methoxy groups -OCH3 is 1. The third kappa shape index (κ3) is 4.73. The Morgan fingerprint density at radius 2 is 1.73 bits per heavy atom. The highest BCUT2D eigenvalue weighted by atomic mass is 16.5. The number of rotatable bonds is 7. The molecule has 4 aliphatic carbocycles. The van der Waals surface area contributed by atoms with Crippen LogP contribution in [0.25, 0.3) is 0 Å². The minimum atomic E-state index is -0.658. The molecule has 0 aromatic carbocycles. The Morgan fingerprint density at radius 1 is 1.00 bits per heavy atom. The highest BCUT2D eigenvalue weighted by molar-refractivity contribution is 5.87. The molecule has 10 atom stereocenters. The maximum Gasteiger partial charge on any atom is 0.305 e. The first-order valence-corrected chi connectivity index (χ1v) is 14.4. The minimum Gasteiger partial charge on any atom is -0.469 e. The second kappa shape index (κ2) is 10.7. The first kappa shape index (κ1) is 28.1. The van der Waals surface area contributed by atoms with Gasteiger partial charge >= 0.3 is 17.9 Å². The smallest absolute Gasteiger partial charge is 0.305 e. The molecule has 7 heteroatoms. The largest absolute Gasteiger partial charge is 0.469 e. The minimum absolute atomic E-state index is 0.0679. The Kier molecular flexibility index (Phi) is 8.11. The van der Waals surface area contributed by atoms with Gasteiger partial charge in [-0.15, -0.1) is 0 Å². The number of esters is 3. The van der Waals surface area contributed by atoms with Gasteiger partial charge in [0.05, 0.1) is 20.1 Å². The Hall–Kier alpha value is -1.92. The van der Waals surface area contributed by atoms with Gasteiger partial charge in [0.15, 0.2) is 0 Å². The van der Waals surface area contributed by atoms with E-state index in [0.29, 0.717) is 18.3 Å². The lowest BCUT2D eigenvalue weighted by Crippen LogP contribution is -2.64. The van der Waals surface area contributed by atoms with Crippen LogP contribution in [0.1, 0.15) is 92.4 Å². The second-order valence-corrected chi connectivity index (χ2v) is 12.7. The van der Waals surface area contributed by atoms with Gasteiger partial charge in [-0.3, -0.25) is 19.2 Å². The van der Waals surface area contributed by atoms with E-state index >= 15 is 0 Å². The molecule has 0 aliphatic heterocycles. The van der Waals surface area contributed by atoms with Crippen molar-refractivity contribution in [2.45, 2.75) is 98.5 Å². The molecule has 7 nitrogen and oxygen atoms in total. The van der Waals surface area contributed by atoms with E-state index in [1.807, 2.05) is 0 Å². The van der Waals surface area contributed by atoms with E-state index in [9.17, 15) is 19.2 Å². The summed E-state index contributed by atoms with van der Waals surface area (Å²) in [6.45, 7) is 9.67. The average Bonchev–Trinajstić information content (AvgIpc) is 3.20. The maximum atomic E-state index is 14.2. The van der Waals surface area contributed by atoms with Crippen LogP contribution in [0.2, 0.25) is 0 Å². The van der Waals surface area contributed by atoms with E-state index in [1.54, 1.807) is 0 Å². The van der Waals surface area contributed by atoms with Crippen molar-refractivity contribution < 1.29 is 33.4 Å². The molecule has 0 amide bonds. The highest BCUT2D eigenvalue weighted by Crippen LogP contribution is 2.69. The molecule has 0 radical (unpaired) electrons. The fourth-order valence-corrected chi connectivity index (χ4v) is 9.71. The molecule has 4 aliphatic rings. The molecule has 0 N–H and O–H groups in total. The fraction of sp³-hybridized carbons (Fsp3) is 0.867. The average molecular weight is 519 g/mol. The monoisotopic (exact) mass is 518 g/mol. The van der Waals surface area contributed by atoms with Crippen LogP contribution in [0.3, 0.4) is 0 Å². The summed E-state index contributed by atoms with van der Waals surface area (Å²) in [6, 6.07) is 0. The molecule has 0 heterocycles. The van der Waals surface area contributed by atoms with Crippen molar-refractivity contribution >= 4 is 23.7 Å². The van der Waals surface area contributed by atoms with Crippen molar-refractivity contribution in [1.82, 2.24) is 0 Å². The summed E-state index contributed by atoms with van der Waals surface area (Å²) in [5.74, 6) is 0.0186. The molecule has 208 valence electrons. The predicted octanol–water partition coefficient (Wildman–Crippen LogP) is 5.13. The van der Waals surface area contributed by atoms with Crippen LogP contribution in [0.4, 0.5) is 0 Å². The summed E-state index contributed by atoms with van der Waals surface area (Å²) in [6.07, 6.45) is 7.65. The van der Waals surface area contributed by atoms with Gasteiger partial charge in [-0.2, -0.15) is 0 Å². The molecule has 4 saturated carbocycles. The molecule has 0 bridgehead atoms. The number of carbonyl (C=O) groups excluding carboxylic acids is 4. The summed E-state index contributed by atoms with van der Waals surface area (Å²) in [7, 11) is 1.36. The lowest BCUT2D eigenvalue weighted by Gasteiger charge is -2.64. The molecule has 0 aromatic rings. The van der Waals surface area contributed by atoms with Crippen molar-refractivity contribution in [3.63, 3.8) is 0 Å². The molecule has 0 saturated heterocycles. The number of carbonyl (C=O) groups is 4. The van der Waals surface area contributed by atoms with Crippen LogP contribution < -0.4 is 0 Å². The summed E-state index contributed by atoms with van der Waals surface area (Å²) in [5.41, 5.74) is -0.590. The Morgan fingerprint density at radius 3 is 2.35 bits per heavy atom. The quantitative estimate of drug-likeness (QED) is 0.340. The van der Waals surface area contributed by atoms with Crippen LogP contribution >= 0.6 is 0 Å². The molecule has 4 rings (SSSR count). The number of Topliss-reactive ketones (excluding diaryl/α,β-unsaturated/α-hetero) is 1. The second-order valence-electron chi connectivity index (χ2n) is 12.7. The lowest BCUT2D eigenvalue weighted by molar-refractivity contribution is -0.209. The van der Waals surface area contributed by atoms with E-state index in [0.717, 1.165) is 32.1 Å². The summed E-state index contributed by atoms with van der Waals surface area (Å²) < 4.78 is 16.6. The number of fused-ring (bicyclic) bond motifs is 5. The predicted molar refractivity (Wildman–Crippen MR) is 137 cm³/mol. The van der Waals surface area contributed by atoms with Gasteiger partial charge in [-0.1, -0.05) is 33.6 Å². The normalized spacial score (nSPS) is 41.6. The maximum absolute atomic E-state index is 14.2. The van der Waals surface area contributed by atoms with Gasteiger partial charge < -0.3 is 14.2 Å². The van der Waals surface area contributed by atoms with E-state index in [2.05, 4.69) is 20.8 Å². The van der Waals surface area contributed by atoms with E-state index in [4.69, 9.17) is 14.2 Å². The van der Waals surface area contributed by atoms with E-state index in [1.165, 1.54) is 33.8 Å². The van der Waals surface area contributed by atoms with Gasteiger partial charge in [0.25, 0.3) is 0 Å². The van der Waals surface area contributed by atoms with Gasteiger partial charge in [0.2, 0.25) is 0 Å². The topological polar surface area (TPSA) is 96.0 Å². The number of ketones is 1. The van der Waals surface area contributed by atoms with Crippen molar-refractivity contribution in [1.29, 1.82) is 0 Å². The van der Waals surface area contributed by atoms with Crippen LogP contribution in [-0.2, 0) is 33.4 Å². The van der Waals surface area contributed by atoms with Crippen LogP contribution in [-0.4, -0.2) is 43.5 Å². The lowest BCUT2D eigenvalue weighted by atomic mass is 9.41. The standard InChI is InChI=1S/C30H46O7/c1-7-20-22-10-8-9-13-29(22,4)24-15-25(33)30(5)21(19(14-26(34)35-6)16-36-17(2)31)11-12-23(30)27(24)28(20)37-18(3)32/h19-24,27-28H,7-16H2,1-6H3/t19-,20+,21+,22-,23-,24-,27-,28+,29-,30+/m0/s1. The summed E-state index contributed by atoms with van der Waals surface area (Å²) in [5, 5.41) is 0. The number of hydrogen-bond acceptors (Lipinski definition) is 7. The first-order chi connectivity index (χ1) is 17.5. The molecule has 0 aromatic heterocycles. The zero-order chi connectivity index (χ0) is 27.1. The van der Waals surface area contributed by atoms with Gasteiger partial charge in [-0.05, 0) is 67.1 Å². The molecule has 0 unspecified atom stereocenters. The van der Waals surface area contributed by atoms with E-state index < -0.39 is 11.4 Å². The molecule has 4 fully saturated rings. The number of ether oxygens (including phenoxy) is 3. The van der Waals surface area contributed by atoms with Gasteiger partial charge in [-0.25, -0.2) is 0 Å². The van der Waals surface area contributed by atoms with Crippen molar-refractivity contribution in [2.75, 3.05) is 13.7 Å². The van der Waals surface area contributed by atoms with Gasteiger partial charge in [0.1, 0.15) is 11.9 Å². The number of hydrogen-bond donors (Lipinski definition) is 0. The molecule has 37 heavy (non-hydrogen) atoms. The Balaban J connectivity index is 1.75. The van der Waals surface area contributed by atoms with Crippen LogP contribution in [0, 0.1) is 52.3 Å². The van der Waals surface area contributed by atoms with E-state index in [-0.39, 0.29) is 71.9 Å². The molecule has 0 spiro atoms. The third-order valence-electron chi connectivity index (χ3n) is 11.3. The Bertz CT molecular complexity index is 914. The van der Waals surface area contributed by atoms with Gasteiger partial charge in [0, 0.05) is 37.5 Å². The van der Waals surface area contributed by atoms with Crippen molar-refractivity contribution in [2.24, 2.45) is 52.3 Å². The summed E-state index contributed by atoms with van der Waals surface area (Å²) >= 11 is 0. The zero-order valence-electron chi connectivity index (χ0n) is 23.5. The van der Waals surface area contributed by atoms with Crippen LogP contribution in [0.15, 0.2) is 0 Å². The van der Waals surface area contributed by atoms with Crippen molar-refractivity contribution in [3.8, 4) is 0 Å².